The Morgan fingerprint density at radius 2 is 2.22 bits per heavy atom. The number of hydrogen-bond donors (Lipinski definition) is 2. The number of amides is 1. The van der Waals surface area contributed by atoms with E-state index in [2.05, 4.69) is 16.7 Å². The van der Waals surface area contributed by atoms with Crippen LogP contribution in [0, 0.1) is 11.3 Å². The Morgan fingerprint density at radius 3 is 2.87 bits per heavy atom. The average Bonchev–Trinajstić information content (AvgIpc) is 3.05. The third-order valence-electron chi connectivity index (χ3n) is 2.95. The number of hydrogen-bond acceptors (Lipinski definition) is 5. The van der Waals surface area contributed by atoms with Gasteiger partial charge in [-0.15, -0.1) is 11.3 Å². The van der Waals surface area contributed by atoms with Gasteiger partial charge in [0.05, 0.1) is 36.5 Å². The molecule has 0 aliphatic rings. The molecular formula is C17H19N3O2S. The maximum absolute atomic E-state index is 11.9. The Kier molecular flexibility index (Phi) is 6.01. The summed E-state index contributed by atoms with van der Waals surface area (Å²) in [5.74, 6) is 0.515. The summed E-state index contributed by atoms with van der Waals surface area (Å²) in [5.41, 5.74) is 1.16. The van der Waals surface area contributed by atoms with Crippen LogP contribution in [0.15, 0.2) is 35.7 Å². The normalized spacial score (nSPS) is 10.2. The molecule has 1 amide bonds. The molecule has 6 heteroatoms. The van der Waals surface area contributed by atoms with E-state index in [1.165, 1.54) is 0 Å². The van der Waals surface area contributed by atoms with Crippen molar-refractivity contribution in [3.8, 4) is 11.8 Å². The number of nitrogens with zero attached hydrogens (tertiary/aromatic N) is 1. The molecule has 0 spiro atoms. The fourth-order valence-electron chi connectivity index (χ4n) is 1.93. The zero-order valence-electron chi connectivity index (χ0n) is 13.1. The lowest BCUT2D eigenvalue weighted by molar-refractivity contribution is -0.119. The Bertz CT molecular complexity index is 690. The van der Waals surface area contributed by atoms with E-state index in [0.717, 1.165) is 4.88 Å². The molecule has 2 N–H and O–H groups in total. The molecule has 0 unspecified atom stereocenters. The number of nitrogens with one attached hydrogen (secondary N) is 2. The predicted octanol–water partition coefficient (Wildman–Crippen LogP) is 3.14. The molecule has 0 fully saturated rings. The zero-order chi connectivity index (χ0) is 16.7. The summed E-state index contributed by atoms with van der Waals surface area (Å²) in [5, 5.41) is 16.9. The summed E-state index contributed by atoms with van der Waals surface area (Å²) in [6, 6.07) is 11.1. The van der Waals surface area contributed by atoms with E-state index >= 15 is 0 Å². The summed E-state index contributed by atoms with van der Waals surface area (Å²) < 4.78 is 5.69. The van der Waals surface area contributed by atoms with Crippen LogP contribution in [0.4, 0.5) is 5.69 Å². The molecule has 23 heavy (non-hydrogen) atoms. The van der Waals surface area contributed by atoms with Gasteiger partial charge in [-0.25, -0.2) is 0 Å². The molecule has 0 aliphatic heterocycles. The number of benzene rings is 1. The van der Waals surface area contributed by atoms with Crippen LogP contribution < -0.4 is 15.4 Å². The number of carbonyl (C=O) groups is 1. The fourth-order valence-corrected chi connectivity index (χ4v) is 2.58. The average molecular weight is 329 g/mol. The van der Waals surface area contributed by atoms with Crippen molar-refractivity contribution in [1.82, 2.24) is 5.32 Å². The van der Waals surface area contributed by atoms with E-state index in [4.69, 9.17) is 10.00 Å². The van der Waals surface area contributed by atoms with Crippen LogP contribution >= 0.6 is 11.3 Å². The Hall–Kier alpha value is -2.52. The Morgan fingerprint density at radius 1 is 1.39 bits per heavy atom. The minimum atomic E-state index is -0.115. The van der Waals surface area contributed by atoms with Gasteiger partial charge in [0.2, 0.25) is 5.91 Å². The summed E-state index contributed by atoms with van der Waals surface area (Å²) in [7, 11) is 0. The van der Waals surface area contributed by atoms with Crippen LogP contribution in [-0.2, 0) is 11.3 Å². The van der Waals surface area contributed by atoms with Crippen LogP contribution in [0.3, 0.4) is 0 Å². The summed E-state index contributed by atoms with van der Waals surface area (Å²) in [6.45, 7) is 4.49. The monoisotopic (exact) mass is 329 g/mol. The highest BCUT2D eigenvalue weighted by molar-refractivity contribution is 7.09. The maximum Gasteiger partial charge on any atom is 0.239 e. The molecule has 0 atom stereocenters. The quantitative estimate of drug-likeness (QED) is 0.818. The molecule has 0 saturated carbocycles. The van der Waals surface area contributed by atoms with Crippen molar-refractivity contribution in [2.75, 3.05) is 11.9 Å². The van der Waals surface area contributed by atoms with Crippen molar-refractivity contribution >= 4 is 22.9 Å². The molecule has 0 saturated heterocycles. The highest BCUT2D eigenvalue weighted by atomic mass is 32.1. The van der Waals surface area contributed by atoms with E-state index in [-0.39, 0.29) is 18.6 Å². The van der Waals surface area contributed by atoms with Gasteiger partial charge in [0.1, 0.15) is 5.75 Å². The Balaban J connectivity index is 1.95. The SMILES string of the molecule is CC(C)Oc1ccc(C#N)cc1NCC(=O)NCc1cccs1. The summed E-state index contributed by atoms with van der Waals surface area (Å²) in [6.07, 6.45) is 0.0103. The largest absolute Gasteiger partial charge is 0.489 e. The van der Waals surface area contributed by atoms with Gasteiger partial charge in [-0.3, -0.25) is 4.79 Å². The van der Waals surface area contributed by atoms with Crippen LogP contribution in [0.1, 0.15) is 24.3 Å². The first kappa shape index (κ1) is 16.8. The van der Waals surface area contributed by atoms with Gasteiger partial charge < -0.3 is 15.4 Å². The second kappa shape index (κ2) is 8.20. The summed E-state index contributed by atoms with van der Waals surface area (Å²) >= 11 is 1.60. The van der Waals surface area contributed by atoms with Crippen LogP contribution in [0.25, 0.3) is 0 Å². The van der Waals surface area contributed by atoms with Crippen LogP contribution in [0.5, 0.6) is 5.75 Å². The van der Waals surface area contributed by atoms with E-state index in [9.17, 15) is 4.79 Å². The van der Waals surface area contributed by atoms with Gasteiger partial charge in [0.15, 0.2) is 0 Å². The number of carbonyl (C=O) groups excluding carboxylic acids is 1. The minimum absolute atomic E-state index is 0.0103. The first-order chi connectivity index (χ1) is 11.1. The lowest BCUT2D eigenvalue weighted by Gasteiger charge is -2.15. The molecular weight excluding hydrogens is 310 g/mol. The summed E-state index contributed by atoms with van der Waals surface area (Å²) in [4.78, 5) is 13.0. The smallest absolute Gasteiger partial charge is 0.239 e. The number of thiophene rings is 1. The van der Waals surface area contributed by atoms with Crippen molar-refractivity contribution in [2.45, 2.75) is 26.5 Å². The fraction of sp³-hybridized carbons (Fsp3) is 0.294. The number of anilines is 1. The third kappa shape index (κ3) is 5.31. The molecule has 0 radical (unpaired) electrons. The molecule has 120 valence electrons. The van der Waals surface area contributed by atoms with E-state index in [1.807, 2.05) is 31.4 Å². The molecule has 2 rings (SSSR count). The topological polar surface area (TPSA) is 74.1 Å². The highest BCUT2D eigenvalue weighted by Gasteiger charge is 2.09. The van der Waals surface area contributed by atoms with Crippen molar-refractivity contribution in [2.24, 2.45) is 0 Å². The molecule has 2 aromatic rings. The van der Waals surface area contributed by atoms with E-state index in [0.29, 0.717) is 23.5 Å². The second-order valence-electron chi connectivity index (χ2n) is 5.20. The minimum Gasteiger partial charge on any atom is -0.489 e. The van der Waals surface area contributed by atoms with Crippen molar-refractivity contribution < 1.29 is 9.53 Å². The second-order valence-corrected chi connectivity index (χ2v) is 6.23. The Labute approximate surface area is 139 Å². The lowest BCUT2D eigenvalue weighted by atomic mass is 10.2. The molecule has 1 heterocycles. The van der Waals surface area contributed by atoms with Crippen molar-refractivity contribution in [1.29, 1.82) is 5.26 Å². The van der Waals surface area contributed by atoms with Gasteiger partial charge in [-0.2, -0.15) is 5.26 Å². The standard InChI is InChI=1S/C17H19N3O2S/c1-12(2)22-16-6-5-13(9-18)8-15(16)19-11-17(21)20-10-14-4-3-7-23-14/h3-8,12,19H,10-11H2,1-2H3,(H,20,21). The number of ether oxygens (including phenoxy) is 1. The predicted molar refractivity (Wildman–Crippen MR) is 91.6 cm³/mol. The van der Waals surface area contributed by atoms with Gasteiger partial charge >= 0.3 is 0 Å². The van der Waals surface area contributed by atoms with Crippen LogP contribution in [-0.4, -0.2) is 18.6 Å². The first-order valence-corrected chi connectivity index (χ1v) is 8.20. The van der Waals surface area contributed by atoms with Crippen LogP contribution in [0.2, 0.25) is 0 Å². The molecule has 5 nitrogen and oxygen atoms in total. The van der Waals surface area contributed by atoms with Gasteiger partial charge in [0.25, 0.3) is 0 Å². The molecule has 1 aromatic carbocycles. The van der Waals surface area contributed by atoms with Crippen molar-refractivity contribution in [3.63, 3.8) is 0 Å². The maximum atomic E-state index is 11.9. The number of nitriles is 1. The zero-order valence-corrected chi connectivity index (χ0v) is 13.9. The molecule has 0 aliphatic carbocycles. The molecule has 1 aromatic heterocycles. The number of rotatable bonds is 7. The highest BCUT2D eigenvalue weighted by Crippen LogP contribution is 2.26. The van der Waals surface area contributed by atoms with Gasteiger partial charge in [0, 0.05) is 4.88 Å². The molecule has 0 bridgehead atoms. The van der Waals surface area contributed by atoms with Gasteiger partial charge in [-0.1, -0.05) is 6.07 Å². The van der Waals surface area contributed by atoms with E-state index < -0.39 is 0 Å². The van der Waals surface area contributed by atoms with Gasteiger partial charge in [-0.05, 0) is 43.5 Å². The lowest BCUT2D eigenvalue weighted by Crippen LogP contribution is -2.29. The first-order valence-electron chi connectivity index (χ1n) is 7.32. The van der Waals surface area contributed by atoms with E-state index in [1.54, 1.807) is 29.5 Å². The third-order valence-corrected chi connectivity index (χ3v) is 3.83. The van der Waals surface area contributed by atoms with Crippen molar-refractivity contribution in [3.05, 3.63) is 46.2 Å².